The van der Waals surface area contributed by atoms with Gasteiger partial charge in [-0.15, -0.1) is 0 Å². The summed E-state index contributed by atoms with van der Waals surface area (Å²) in [5.74, 6) is 0.553. The van der Waals surface area contributed by atoms with Crippen molar-refractivity contribution in [1.29, 1.82) is 0 Å². The maximum absolute atomic E-state index is 5.62. The predicted octanol–water partition coefficient (Wildman–Crippen LogP) is 0.262. The minimum absolute atomic E-state index is 0.362. The molecule has 1 heterocycles. The normalized spacial score (nSPS) is 9.75. The van der Waals surface area contributed by atoms with Crippen molar-refractivity contribution in [3.8, 4) is 0 Å². The fraction of sp³-hybridized carbons (Fsp3) is 0.286. The van der Waals surface area contributed by atoms with E-state index in [2.05, 4.69) is 10.3 Å². The maximum Gasteiger partial charge on any atom is 0.153 e. The Morgan fingerprint density at radius 3 is 3.00 bits per heavy atom. The van der Waals surface area contributed by atoms with Gasteiger partial charge >= 0.3 is 0 Å². The summed E-state index contributed by atoms with van der Waals surface area (Å²) < 4.78 is 4.79. The van der Waals surface area contributed by atoms with E-state index in [0.717, 1.165) is 0 Å². The van der Waals surface area contributed by atoms with Crippen LogP contribution in [0.1, 0.15) is 0 Å². The highest BCUT2D eigenvalue weighted by atomic mass is 16.5. The van der Waals surface area contributed by atoms with E-state index in [1.807, 2.05) is 0 Å². The Morgan fingerprint density at radius 2 is 2.33 bits per heavy atom. The maximum atomic E-state index is 5.62. The highest BCUT2D eigenvalue weighted by molar-refractivity contribution is 5.75. The van der Waals surface area contributed by atoms with Crippen LogP contribution in [0, 0.1) is 0 Å². The average molecular weight is 168 g/mol. The van der Waals surface area contributed by atoms with Crippen LogP contribution >= 0.6 is 0 Å². The molecule has 5 nitrogen and oxygen atoms in total. The molecular weight excluding hydrogens is 156 g/mol. The molecule has 0 saturated heterocycles. The summed E-state index contributed by atoms with van der Waals surface area (Å²) in [6, 6.07) is 1.65. The molecule has 0 unspecified atom stereocenters. The van der Waals surface area contributed by atoms with Crippen LogP contribution in [0.5, 0.6) is 0 Å². The van der Waals surface area contributed by atoms with Crippen LogP contribution in [-0.4, -0.2) is 18.8 Å². The number of pyridine rings is 1. The number of nitrogens with zero attached hydrogens (tertiary/aromatic N) is 1. The van der Waals surface area contributed by atoms with E-state index in [-0.39, 0.29) is 0 Å². The molecule has 5 N–H and O–H groups in total. The zero-order valence-electron chi connectivity index (χ0n) is 6.87. The van der Waals surface area contributed by atoms with Crippen molar-refractivity contribution in [1.82, 2.24) is 4.98 Å². The molecular formula is C7H12N4O. The number of ether oxygens (including phenoxy) is 1. The van der Waals surface area contributed by atoms with Gasteiger partial charge in [-0.1, -0.05) is 0 Å². The van der Waals surface area contributed by atoms with Gasteiger partial charge in [-0.3, -0.25) is 0 Å². The van der Waals surface area contributed by atoms with Crippen LogP contribution in [0.2, 0.25) is 0 Å². The largest absolute Gasteiger partial charge is 0.397 e. The van der Waals surface area contributed by atoms with Gasteiger partial charge in [0.05, 0.1) is 11.4 Å². The fourth-order valence-electron chi connectivity index (χ4n) is 0.770. The van der Waals surface area contributed by atoms with Crippen molar-refractivity contribution >= 4 is 17.2 Å². The Hall–Kier alpha value is -1.49. The summed E-state index contributed by atoms with van der Waals surface area (Å²) in [5, 5.41) is 2.87. The van der Waals surface area contributed by atoms with Gasteiger partial charge in [0.25, 0.3) is 0 Å². The van der Waals surface area contributed by atoms with Crippen LogP contribution in [0.15, 0.2) is 12.3 Å². The summed E-state index contributed by atoms with van der Waals surface area (Å²) in [4.78, 5) is 3.98. The average Bonchev–Trinajstić information content (AvgIpc) is 2.08. The van der Waals surface area contributed by atoms with Crippen molar-refractivity contribution < 1.29 is 4.74 Å². The van der Waals surface area contributed by atoms with Crippen LogP contribution in [0.4, 0.5) is 17.2 Å². The summed E-state index contributed by atoms with van der Waals surface area (Å²) in [6.45, 7) is 0.362. The number of nitrogens with two attached hydrogens (primary N) is 2. The standard InChI is InChI=1S/C7H12N4O/c1-12-4-11-7-6(9)5(8)2-3-10-7/h2-3H,4,9H2,1H3,(H3,8,10,11). The molecule has 0 fully saturated rings. The number of nitrogens with one attached hydrogen (secondary N) is 1. The number of anilines is 3. The number of rotatable bonds is 3. The molecule has 0 spiro atoms. The quantitative estimate of drug-likeness (QED) is 0.564. The third kappa shape index (κ3) is 1.76. The lowest BCUT2D eigenvalue weighted by Gasteiger charge is -2.07. The first-order valence-electron chi connectivity index (χ1n) is 3.48. The first-order valence-corrected chi connectivity index (χ1v) is 3.48. The zero-order valence-corrected chi connectivity index (χ0v) is 6.87. The molecule has 0 radical (unpaired) electrons. The van der Waals surface area contributed by atoms with Gasteiger partial charge in [0.1, 0.15) is 6.73 Å². The van der Waals surface area contributed by atoms with Crippen molar-refractivity contribution in [3.63, 3.8) is 0 Å². The second-order valence-electron chi connectivity index (χ2n) is 2.27. The fourth-order valence-corrected chi connectivity index (χ4v) is 0.770. The van der Waals surface area contributed by atoms with Gasteiger partial charge in [0, 0.05) is 13.3 Å². The highest BCUT2D eigenvalue weighted by Crippen LogP contribution is 2.20. The number of hydrogen-bond acceptors (Lipinski definition) is 5. The molecule has 0 bridgehead atoms. The number of hydrogen-bond donors (Lipinski definition) is 3. The molecule has 1 aromatic rings. The third-order valence-electron chi connectivity index (χ3n) is 1.41. The zero-order chi connectivity index (χ0) is 8.97. The molecule has 0 aliphatic rings. The molecule has 0 aliphatic heterocycles. The minimum atomic E-state index is 0.362. The molecule has 0 saturated carbocycles. The van der Waals surface area contributed by atoms with Crippen LogP contribution in [-0.2, 0) is 4.74 Å². The topological polar surface area (TPSA) is 86.2 Å². The Bertz CT molecular complexity index is 264. The second kappa shape index (κ2) is 3.77. The SMILES string of the molecule is COCNc1nccc(N)c1N. The Morgan fingerprint density at radius 1 is 1.58 bits per heavy atom. The Kier molecular flexibility index (Phi) is 2.71. The molecule has 0 aromatic carbocycles. The molecule has 12 heavy (non-hydrogen) atoms. The number of nitrogen functional groups attached to an aromatic ring is 2. The van der Waals surface area contributed by atoms with Gasteiger partial charge in [-0.2, -0.15) is 0 Å². The highest BCUT2D eigenvalue weighted by Gasteiger charge is 2.01. The molecule has 1 rings (SSSR count). The Balaban J connectivity index is 2.78. The van der Waals surface area contributed by atoms with E-state index in [1.165, 1.54) is 0 Å². The predicted molar refractivity (Wildman–Crippen MR) is 48.6 cm³/mol. The first-order chi connectivity index (χ1) is 5.75. The van der Waals surface area contributed by atoms with Crippen LogP contribution < -0.4 is 16.8 Å². The minimum Gasteiger partial charge on any atom is -0.397 e. The molecule has 5 heteroatoms. The summed E-state index contributed by atoms with van der Waals surface area (Å²) in [6.07, 6.45) is 1.59. The van der Waals surface area contributed by atoms with Gasteiger partial charge in [-0.25, -0.2) is 4.98 Å². The van der Waals surface area contributed by atoms with Gasteiger partial charge in [0.15, 0.2) is 5.82 Å². The lowest BCUT2D eigenvalue weighted by Crippen LogP contribution is -2.08. The Labute approximate surface area is 70.7 Å². The summed E-state index contributed by atoms with van der Waals surface area (Å²) in [5.41, 5.74) is 12.1. The van der Waals surface area contributed by atoms with Crippen molar-refractivity contribution in [2.24, 2.45) is 0 Å². The molecule has 0 amide bonds. The van der Waals surface area contributed by atoms with E-state index in [1.54, 1.807) is 19.4 Å². The molecule has 66 valence electrons. The van der Waals surface area contributed by atoms with Gasteiger partial charge in [0.2, 0.25) is 0 Å². The number of aromatic nitrogens is 1. The van der Waals surface area contributed by atoms with E-state index in [9.17, 15) is 0 Å². The van der Waals surface area contributed by atoms with E-state index < -0.39 is 0 Å². The smallest absolute Gasteiger partial charge is 0.153 e. The van der Waals surface area contributed by atoms with E-state index >= 15 is 0 Å². The van der Waals surface area contributed by atoms with E-state index in [4.69, 9.17) is 16.2 Å². The van der Waals surface area contributed by atoms with Gasteiger partial charge < -0.3 is 21.5 Å². The number of methoxy groups -OCH3 is 1. The lowest BCUT2D eigenvalue weighted by molar-refractivity contribution is 0.221. The van der Waals surface area contributed by atoms with Gasteiger partial charge in [-0.05, 0) is 6.07 Å². The first kappa shape index (κ1) is 8.61. The molecule has 1 aromatic heterocycles. The van der Waals surface area contributed by atoms with Crippen molar-refractivity contribution in [3.05, 3.63) is 12.3 Å². The van der Waals surface area contributed by atoms with E-state index in [0.29, 0.717) is 23.9 Å². The summed E-state index contributed by atoms with van der Waals surface area (Å²) >= 11 is 0. The molecule has 0 atom stereocenters. The molecule has 0 aliphatic carbocycles. The van der Waals surface area contributed by atoms with Crippen LogP contribution in [0.25, 0.3) is 0 Å². The third-order valence-corrected chi connectivity index (χ3v) is 1.41. The van der Waals surface area contributed by atoms with Crippen molar-refractivity contribution in [2.45, 2.75) is 0 Å². The van der Waals surface area contributed by atoms with Crippen LogP contribution in [0.3, 0.4) is 0 Å². The van der Waals surface area contributed by atoms with Crippen molar-refractivity contribution in [2.75, 3.05) is 30.6 Å². The summed E-state index contributed by atoms with van der Waals surface area (Å²) in [7, 11) is 1.58. The monoisotopic (exact) mass is 168 g/mol. The lowest BCUT2D eigenvalue weighted by atomic mass is 10.3. The second-order valence-corrected chi connectivity index (χ2v) is 2.27.